The first-order valence-corrected chi connectivity index (χ1v) is 11.3. The van der Waals surface area contributed by atoms with Crippen molar-refractivity contribution in [3.05, 3.63) is 36.4 Å². The van der Waals surface area contributed by atoms with E-state index in [0.717, 1.165) is 36.4 Å². The second-order valence-corrected chi connectivity index (χ2v) is 8.04. The average Bonchev–Trinajstić information content (AvgIpc) is 2.71. The summed E-state index contributed by atoms with van der Waals surface area (Å²) in [5.74, 6) is 3.60. The van der Waals surface area contributed by atoms with Crippen LogP contribution < -0.4 is 9.47 Å². The Hall–Kier alpha value is -1.44. The Morgan fingerprint density at radius 1 is 0.815 bits per heavy atom. The van der Waals surface area contributed by atoms with Gasteiger partial charge in [0.25, 0.3) is 0 Å². The van der Waals surface area contributed by atoms with Crippen LogP contribution in [0.1, 0.15) is 84.5 Å². The first-order chi connectivity index (χ1) is 13.3. The Bertz CT molecular complexity index is 498. The lowest BCUT2D eigenvalue weighted by Gasteiger charge is -2.26. The minimum atomic E-state index is 0.660. The number of ether oxygens (including phenoxy) is 2. The standard InChI is InChI=1S/C25H40O2/c1-3-5-7-10-22-12-14-23(15-13-22)11-9-21-27-25-18-16-24(17-19-25)26-20-8-6-4-2/h9,11,16-19,22-23H,3-8,10,12-15,20-21H2,1-2H3/b11-9+/t22-,23-. The molecule has 0 amide bonds. The molecule has 0 N–H and O–H groups in total. The zero-order chi connectivity index (χ0) is 19.2. The molecule has 0 aromatic heterocycles. The molecule has 0 aliphatic heterocycles. The van der Waals surface area contributed by atoms with Gasteiger partial charge in [0.05, 0.1) is 6.61 Å². The summed E-state index contributed by atoms with van der Waals surface area (Å²) in [6, 6.07) is 8.02. The second kappa shape index (κ2) is 13.7. The van der Waals surface area contributed by atoms with Crippen molar-refractivity contribution in [3.63, 3.8) is 0 Å². The van der Waals surface area contributed by atoms with E-state index < -0.39 is 0 Å². The molecule has 2 heteroatoms. The van der Waals surface area contributed by atoms with Crippen molar-refractivity contribution >= 4 is 0 Å². The average molecular weight is 373 g/mol. The summed E-state index contributed by atoms with van der Waals surface area (Å²) in [4.78, 5) is 0. The highest BCUT2D eigenvalue weighted by atomic mass is 16.5. The van der Waals surface area contributed by atoms with Crippen molar-refractivity contribution in [1.82, 2.24) is 0 Å². The van der Waals surface area contributed by atoms with E-state index in [4.69, 9.17) is 9.47 Å². The summed E-state index contributed by atoms with van der Waals surface area (Å²) >= 11 is 0. The van der Waals surface area contributed by atoms with Gasteiger partial charge in [-0.2, -0.15) is 0 Å². The van der Waals surface area contributed by atoms with Gasteiger partial charge in [-0.3, -0.25) is 0 Å². The van der Waals surface area contributed by atoms with E-state index in [1.165, 1.54) is 64.2 Å². The first kappa shape index (κ1) is 21.9. The van der Waals surface area contributed by atoms with Gasteiger partial charge in [-0.05, 0) is 68.2 Å². The fourth-order valence-electron chi connectivity index (χ4n) is 3.92. The summed E-state index contributed by atoms with van der Waals surface area (Å²) in [6.45, 7) is 5.96. The lowest BCUT2D eigenvalue weighted by molar-refractivity contribution is 0.288. The molecule has 1 aromatic carbocycles. The Labute approximate surface area is 167 Å². The Balaban J connectivity index is 1.58. The molecule has 1 aliphatic rings. The van der Waals surface area contributed by atoms with Crippen molar-refractivity contribution in [2.24, 2.45) is 11.8 Å². The predicted molar refractivity (Wildman–Crippen MR) is 116 cm³/mol. The van der Waals surface area contributed by atoms with Crippen LogP contribution >= 0.6 is 0 Å². The largest absolute Gasteiger partial charge is 0.494 e. The maximum Gasteiger partial charge on any atom is 0.120 e. The Kier molecular flexibility index (Phi) is 11.1. The van der Waals surface area contributed by atoms with E-state index in [-0.39, 0.29) is 0 Å². The highest BCUT2D eigenvalue weighted by Crippen LogP contribution is 2.32. The Morgan fingerprint density at radius 3 is 2.11 bits per heavy atom. The number of benzene rings is 1. The fraction of sp³-hybridized carbons (Fsp3) is 0.680. The lowest BCUT2D eigenvalue weighted by atomic mass is 9.79. The van der Waals surface area contributed by atoms with Crippen molar-refractivity contribution in [1.29, 1.82) is 0 Å². The number of allylic oxidation sites excluding steroid dienone is 1. The van der Waals surface area contributed by atoms with Crippen LogP contribution in [0.3, 0.4) is 0 Å². The molecule has 152 valence electrons. The summed E-state index contributed by atoms with van der Waals surface area (Å²) in [6.07, 6.45) is 19.3. The molecule has 2 rings (SSSR count). The van der Waals surface area contributed by atoms with E-state index in [9.17, 15) is 0 Å². The topological polar surface area (TPSA) is 18.5 Å². The van der Waals surface area contributed by atoms with E-state index in [1.807, 2.05) is 24.3 Å². The predicted octanol–water partition coefficient (Wildman–Crippen LogP) is 7.58. The van der Waals surface area contributed by atoms with E-state index in [0.29, 0.717) is 6.61 Å². The molecule has 2 nitrogen and oxygen atoms in total. The molecular weight excluding hydrogens is 332 g/mol. The molecule has 0 atom stereocenters. The van der Waals surface area contributed by atoms with Gasteiger partial charge < -0.3 is 9.47 Å². The number of rotatable bonds is 13. The van der Waals surface area contributed by atoms with Crippen molar-refractivity contribution in [2.75, 3.05) is 13.2 Å². The summed E-state index contributed by atoms with van der Waals surface area (Å²) < 4.78 is 11.6. The molecule has 1 aliphatic carbocycles. The van der Waals surface area contributed by atoms with Crippen LogP contribution in [-0.4, -0.2) is 13.2 Å². The molecule has 0 spiro atoms. The van der Waals surface area contributed by atoms with Gasteiger partial charge in [-0.15, -0.1) is 0 Å². The quantitative estimate of drug-likeness (QED) is 0.262. The van der Waals surface area contributed by atoms with Crippen molar-refractivity contribution in [2.45, 2.75) is 84.5 Å². The first-order valence-electron chi connectivity index (χ1n) is 11.3. The SMILES string of the molecule is CCCCCOc1ccc(OC/C=C/[C@H]2CC[C@H](CCCCC)CC2)cc1. The van der Waals surface area contributed by atoms with Gasteiger partial charge in [-0.25, -0.2) is 0 Å². The second-order valence-electron chi connectivity index (χ2n) is 8.04. The molecule has 1 fully saturated rings. The van der Waals surface area contributed by atoms with Crippen LogP contribution in [0.2, 0.25) is 0 Å². The van der Waals surface area contributed by atoms with Crippen LogP contribution in [0.15, 0.2) is 36.4 Å². The van der Waals surface area contributed by atoms with Gasteiger partial charge in [0.1, 0.15) is 18.1 Å². The lowest BCUT2D eigenvalue weighted by Crippen LogP contribution is -2.13. The van der Waals surface area contributed by atoms with Gasteiger partial charge in [0.2, 0.25) is 0 Å². The number of hydrogen-bond acceptors (Lipinski definition) is 2. The number of hydrogen-bond donors (Lipinski definition) is 0. The molecule has 1 saturated carbocycles. The van der Waals surface area contributed by atoms with Crippen LogP contribution in [0.4, 0.5) is 0 Å². The van der Waals surface area contributed by atoms with E-state index in [2.05, 4.69) is 26.0 Å². The molecule has 0 radical (unpaired) electrons. The highest BCUT2D eigenvalue weighted by molar-refractivity contribution is 5.31. The van der Waals surface area contributed by atoms with Crippen molar-refractivity contribution < 1.29 is 9.47 Å². The zero-order valence-corrected chi connectivity index (χ0v) is 17.6. The molecule has 1 aromatic rings. The van der Waals surface area contributed by atoms with Crippen LogP contribution in [-0.2, 0) is 0 Å². The van der Waals surface area contributed by atoms with Gasteiger partial charge in [0, 0.05) is 0 Å². The van der Waals surface area contributed by atoms with Gasteiger partial charge in [0.15, 0.2) is 0 Å². The maximum atomic E-state index is 5.84. The van der Waals surface area contributed by atoms with E-state index >= 15 is 0 Å². The minimum Gasteiger partial charge on any atom is -0.494 e. The smallest absolute Gasteiger partial charge is 0.120 e. The third kappa shape index (κ3) is 9.35. The van der Waals surface area contributed by atoms with Gasteiger partial charge >= 0.3 is 0 Å². The monoisotopic (exact) mass is 372 g/mol. The molecule has 0 heterocycles. The fourth-order valence-corrected chi connectivity index (χ4v) is 3.92. The van der Waals surface area contributed by atoms with Crippen LogP contribution in [0.25, 0.3) is 0 Å². The highest BCUT2D eigenvalue weighted by Gasteiger charge is 2.18. The van der Waals surface area contributed by atoms with Crippen LogP contribution in [0.5, 0.6) is 11.5 Å². The molecule has 0 saturated heterocycles. The number of unbranched alkanes of at least 4 members (excludes halogenated alkanes) is 4. The summed E-state index contributed by atoms with van der Waals surface area (Å²) in [5, 5.41) is 0. The third-order valence-corrected chi connectivity index (χ3v) is 5.70. The summed E-state index contributed by atoms with van der Waals surface area (Å²) in [7, 11) is 0. The van der Waals surface area contributed by atoms with E-state index in [1.54, 1.807) is 0 Å². The molecule has 0 bridgehead atoms. The van der Waals surface area contributed by atoms with Crippen molar-refractivity contribution in [3.8, 4) is 11.5 Å². The van der Waals surface area contributed by atoms with Crippen LogP contribution in [0, 0.1) is 11.8 Å². The van der Waals surface area contributed by atoms with Gasteiger partial charge in [-0.1, -0.05) is 64.5 Å². The molecular formula is C25H40O2. The Morgan fingerprint density at radius 2 is 1.44 bits per heavy atom. The zero-order valence-electron chi connectivity index (χ0n) is 17.6. The summed E-state index contributed by atoms with van der Waals surface area (Å²) in [5.41, 5.74) is 0. The molecule has 0 unspecified atom stereocenters. The maximum absolute atomic E-state index is 5.84. The minimum absolute atomic E-state index is 0.660. The third-order valence-electron chi connectivity index (χ3n) is 5.70. The normalized spacial score (nSPS) is 20.1. The molecule has 27 heavy (non-hydrogen) atoms.